The summed E-state index contributed by atoms with van der Waals surface area (Å²) in [5.74, 6) is 1.99. The van der Waals surface area contributed by atoms with Gasteiger partial charge in [-0.2, -0.15) is 0 Å². The zero-order valence-corrected chi connectivity index (χ0v) is 28.1. The van der Waals surface area contributed by atoms with Gasteiger partial charge in [-0.15, -0.1) is 0 Å². The molecule has 0 spiro atoms. The molecule has 8 heteroatoms. The minimum absolute atomic E-state index is 0.179. The van der Waals surface area contributed by atoms with Crippen LogP contribution in [0.15, 0.2) is 109 Å². The van der Waals surface area contributed by atoms with Gasteiger partial charge < -0.3 is 28.7 Å². The van der Waals surface area contributed by atoms with Crippen LogP contribution in [0.2, 0.25) is 5.04 Å². The number of rotatable bonds is 15. The highest BCUT2D eigenvalue weighted by Gasteiger charge is 2.50. The summed E-state index contributed by atoms with van der Waals surface area (Å²) >= 11 is 0. The molecule has 0 saturated heterocycles. The van der Waals surface area contributed by atoms with E-state index < -0.39 is 20.5 Å². The topological polar surface area (TPSA) is 75.2 Å². The van der Waals surface area contributed by atoms with Gasteiger partial charge in [0.15, 0.2) is 0 Å². The lowest BCUT2D eigenvalue weighted by atomic mass is 10.1. The summed E-state index contributed by atoms with van der Waals surface area (Å²) in [6.45, 7) is 8.96. The minimum atomic E-state index is -2.88. The van der Waals surface area contributed by atoms with Gasteiger partial charge in [-0.05, 0) is 57.4 Å². The van der Waals surface area contributed by atoms with Crippen LogP contribution in [-0.4, -0.2) is 53.8 Å². The van der Waals surface area contributed by atoms with E-state index in [1.807, 2.05) is 60.7 Å². The molecular weight excluding hydrogens is 582 g/mol. The van der Waals surface area contributed by atoms with Crippen LogP contribution in [0.5, 0.6) is 17.2 Å². The van der Waals surface area contributed by atoms with Crippen molar-refractivity contribution >= 4 is 24.6 Å². The smallest absolute Gasteiger partial charge is 0.261 e. The Hall–Kier alpha value is -4.11. The molecule has 0 radical (unpaired) electrons. The van der Waals surface area contributed by atoms with E-state index in [2.05, 4.69) is 74.6 Å². The molecule has 0 heterocycles. The van der Waals surface area contributed by atoms with E-state index >= 15 is 0 Å². The number of carbonyl (C=O) groups is 1. The van der Waals surface area contributed by atoms with Gasteiger partial charge in [-0.3, -0.25) is 4.79 Å². The van der Waals surface area contributed by atoms with Gasteiger partial charge in [0.05, 0.1) is 33.5 Å². The first-order chi connectivity index (χ1) is 21.7. The van der Waals surface area contributed by atoms with Crippen molar-refractivity contribution in [2.45, 2.75) is 51.5 Å². The lowest BCUT2D eigenvalue weighted by Crippen LogP contribution is -2.67. The third-order valence-electron chi connectivity index (χ3n) is 7.83. The van der Waals surface area contributed by atoms with E-state index in [9.17, 15) is 4.79 Å². The van der Waals surface area contributed by atoms with Crippen molar-refractivity contribution in [3.63, 3.8) is 0 Å². The monoisotopic (exact) mass is 627 g/mol. The van der Waals surface area contributed by atoms with Gasteiger partial charge in [0.2, 0.25) is 5.91 Å². The number of methoxy groups -OCH3 is 2. The maximum absolute atomic E-state index is 12.5. The standard InChI is InChI=1S/C37H45NO6Si/c1-28(39)38-35(26-42-32-23-21-31(41-6)22-24-32)36(43-25-29-17-19-30(40-5)20-18-29)27-44-45(37(2,3)4,33-13-9-7-10-14-33)34-15-11-8-12-16-34/h7-24,35-36H,25-27H2,1-6H3,(H,38,39)/t35-,36-/m1/s1. The third-order valence-corrected chi connectivity index (χ3v) is 12.8. The fraction of sp³-hybridized carbons (Fsp3) is 0.324. The summed E-state index contributed by atoms with van der Waals surface area (Å²) in [5.41, 5.74) is 0.976. The predicted octanol–water partition coefficient (Wildman–Crippen LogP) is 5.75. The van der Waals surface area contributed by atoms with Crippen LogP contribution < -0.4 is 29.9 Å². The number of ether oxygens (including phenoxy) is 4. The normalized spacial score (nSPS) is 13.0. The molecule has 0 aliphatic heterocycles. The Morgan fingerprint density at radius 2 is 1.20 bits per heavy atom. The van der Waals surface area contributed by atoms with Gasteiger partial charge in [0.25, 0.3) is 8.32 Å². The third kappa shape index (κ3) is 8.75. The Morgan fingerprint density at radius 1 is 0.711 bits per heavy atom. The van der Waals surface area contributed by atoms with Crippen LogP contribution in [0.4, 0.5) is 0 Å². The fourth-order valence-corrected chi connectivity index (χ4v) is 10.1. The van der Waals surface area contributed by atoms with Crippen molar-refractivity contribution < 1.29 is 28.2 Å². The summed E-state index contributed by atoms with van der Waals surface area (Å²) in [7, 11) is 0.388. The molecule has 4 rings (SSSR count). The van der Waals surface area contributed by atoms with Crippen molar-refractivity contribution in [1.29, 1.82) is 0 Å². The van der Waals surface area contributed by atoms with Gasteiger partial charge in [-0.1, -0.05) is 93.6 Å². The molecular formula is C37H45NO6Si. The van der Waals surface area contributed by atoms with E-state index in [1.165, 1.54) is 17.3 Å². The van der Waals surface area contributed by atoms with Crippen LogP contribution in [0, 0.1) is 0 Å². The zero-order chi connectivity index (χ0) is 32.3. The molecule has 1 N–H and O–H groups in total. The van der Waals surface area contributed by atoms with E-state index in [1.54, 1.807) is 14.2 Å². The van der Waals surface area contributed by atoms with Gasteiger partial charge in [0.1, 0.15) is 30.0 Å². The largest absolute Gasteiger partial charge is 0.497 e. The number of amides is 1. The first-order valence-corrected chi connectivity index (χ1v) is 17.1. The fourth-order valence-electron chi connectivity index (χ4n) is 5.54. The quantitative estimate of drug-likeness (QED) is 0.169. The van der Waals surface area contributed by atoms with Crippen LogP contribution in [0.1, 0.15) is 33.3 Å². The lowest BCUT2D eigenvalue weighted by molar-refractivity contribution is -0.122. The summed E-state index contributed by atoms with van der Waals surface area (Å²) in [5, 5.41) is 5.20. The number of hydrogen-bond acceptors (Lipinski definition) is 6. The van der Waals surface area contributed by atoms with E-state index in [-0.39, 0.29) is 24.2 Å². The zero-order valence-electron chi connectivity index (χ0n) is 27.1. The first-order valence-electron chi connectivity index (χ1n) is 15.2. The van der Waals surface area contributed by atoms with Crippen LogP contribution in [0.3, 0.4) is 0 Å². The first kappa shape index (κ1) is 33.8. The highest BCUT2D eigenvalue weighted by Crippen LogP contribution is 2.37. The van der Waals surface area contributed by atoms with Gasteiger partial charge in [-0.25, -0.2) is 0 Å². The van der Waals surface area contributed by atoms with E-state index in [0.717, 1.165) is 17.1 Å². The highest BCUT2D eigenvalue weighted by molar-refractivity contribution is 6.99. The predicted molar refractivity (Wildman–Crippen MR) is 181 cm³/mol. The second-order valence-corrected chi connectivity index (χ2v) is 16.3. The Kier molecular flexibility index (Phi) is 11.8. The molecule has 45 heavy (non-hydrogen) atoms. The van der Waals surface area contributed by atoms with Crippen LogP contribution >= 0.6 is 0 Å². The molecule has 0 fully saturated rings. The number of hydrogen-bond donors (Lipinski definition) is 1. The maximum Gasteiger partial charge on any atom is 0.261 e. The van der Waals surface area contributed by atoms with Crippen LogP contribution in [0.25, 0.3) is 0 Å². The summed E-state index contributed by atoms with van der Waals surface area (Å²) in [4.78, 5) is 12.5. The molecule has 1 amide bonds. The molecule has 0 aromatic heterocycles. The van der Waals surface area contributed by atoms with E-state index in [4.69, 9.17) is 23.4 Å². The minimum Gasteiger partial charge on any atom is -0.497 e. The Balaban J connectivity index is 1.69. The summed E-state index contributed by atoms with van der Waals surface area (Å²) in [6, 6.07) is 35.6. The number of carbonyl (C=O) groups excluding carboxylic acids is 1. The van der Waals surface area contributed by atoms with Crippen molar-refractivity contribution in [3.05, 3.63) is 115 Å². The molecule has 0 bridgehead atoms. The van der Waals surface area contributed by atoms with Crippen molar-refractivity contribution in [2.75, 3.05) is 27.4 Å². The van der Waals surface area contributed by atoms with Gasteiger partial charge >= 0.3 is 0 Å². The molecule has 7 nitrogen and oxygen atoms in total. The maximum atomic E-state index is 12.5. The summed E-state index contributed by atoms with van der Waals surface area (Å²) in [6.07, 6.45) is -0.532. The van der Waals surface area contributed by atoms with Crippen molar-refractivity contribution in [3.8, 4) is 17.2 Å². The SMILES string of the molecule is COc1ccc(CO[C@H](CO[Si](c2ccccc2)(c2ccccc2)C(C)(C)C)[C@@H](COc2ccc(OC)cc2)NC(C)=O)cc1. The number of benzene rings is 4. The number of nitrogens with one attached hydrogen (secondary N) is 1. The second-order valence-electron chi connectivity index (χ2n) is 12.0. The van der Waals surface area contributed by atoms with Crippen molar-refractivity contribution in [2.24, 2.45) is 0 Å². The molecule has 0 saturated carbocycles. The van der Waals surface area contributed by atoms with Gasteiger partial charge in [0, 0.05) is 6.92 Å². The molecule has 0 unspecified atom stereocenters. The molecule has 2 atom stereocenters. The molecule has 0 aliphatic rings. The molecule has 4 aromatic rings. The second kappa shape index (κ2) is 15.7. The van der Waals surface area contributed by atoms with E-state index in [0.29, 0.717) is 12.4 Å². The highest BCUT2D eigenvalue weighted by atomic mass is 28.4. The molecule has 4 aromatic carbocycles. The molecule has 238 valence electrons. The lowest BCUT2D eigenvalue weighted by Gasteiger charge is -2.44. The average molecular weight is 628 g/mol. The Morgan fingerprint density at radius 3 is 1.67 bits per heavy atom. The summed E-state index contributed by atoms with van der Waals surface area (Å²) < 4.78 is 30.7. The Labute approximate surface area is 268 Å². The average Bonchev–Trinajstić information content (AvgIpc) is 3.05. The Bertz CT molecular complexity index is 1420. The molecule has 0 aliphatic carbocycles. The van der Waals surface area contributed by atoms with Crippen molar-refractivity contribution in [1.82, 2.24) is 5.32 Å². The van der Waals surface area contributed by atoms with Crippen LogP contribution in [-0.2, 0) is 20.6 Å².